The molecule has 1 aromatic rings. The Balaban J connectivity index is 1.89. The van der Waals surface area contributed by atoms with E-state index in [4.69, 9.17) is 4.74 Å². The first-order valence-electron chi connectivity index (χ1n) is 5.01. The van der Waals surface area contributed by atoms with E-state index in [2.05, 4.69) is 14.9 Å². The molecule has 2 bridgehead atoms. The summed E-state index contributed by atoms with van der Waals surface area (Å²) in [5, 5.41) is 0. The third-order valence-corrected chi connectivity index (χ3v) is 2.96. The topological polar surface area (TPSA) is 38.2 Å². The SMILES string of the molecule is Cc1nccc(N2CC3CC2CO3)n1. The van der Waals surface area contributed by atoms with Crippen LogP contribution in [0.25, 0.3) is 0 Å². The summed E-state index contributed by atoms with van der Waals surface area (Å²) < 4.78 is 5.55. The van der Waals surface area contributed by atoms with Crippen molar-refractivity contribution in [2.24, 2.45) is 0 Å². The minimum atomic E-state index is 0.426. The van der Waals surface area contributed by atoms with Gasteiger partial charge in [-0.2, -0.15) is 0 Å². The van der Waals surface area contributed by atoms with Gasteiger partial charge in [0.25, 0.3) is 0 Å². The first-order chi connectivity index (χ1) is 6.83. The van der Waals surface area contributed by atoms with E-state index in [1.54, 1.807) is 0 Å². The molecule has 0 saturated carbocycles. The van der Waals surface area contributed by atoms with E-state index in [0.717, 1.165) is 31.2 Å². The van der Waals surface area contributed by atoms with Crippen LogP contribution in [0.1, 0.15) is 12.2 Å². The van der Waals surface area contributed by atoms with Crippen LogP contribution in [0.3, 0.4) is 0 Å². The average molecular weight is 191 g/mol. The van der Waals surface area contributed by atoms with Crippen molar-refractivity contribution in [1.82, 2.24) is 9.97 Å². The molecule has 0 radical (unpaired) electrons. The Morgan fingerprint density at radius 2 is 2.50 bits per heavy atom. The van der Waals surface area contributed by atoms with Crippen LogP contribution in [0.15, 0.2) is 12.3 Å². The van der Waals surface area contributed by atoms with Crippen molar-refractivity contribution >= 4 is 5.82 Å². The average Bonchev–Trinajstić information content (AvgIpc) is 2.78. The smallest absolute Gasteiger partial charge is 0.132 e. The number of ether oxygens (including phenoxy) is 1. The van der Waals surface area contributed by atoms with E-state index < -0.39 is 0 Å². The Morgan fingerprint density at radius 3 is 3.14 bits per heavy atom. The van der Waals surface area contributed by atoms with Crippen molar-refractivity contribution in [3.8, 4) is 0 Å². The first kappa shape index (κ1) is 8.17. The van der Waals surface area contributed by atoms with Gasteiger partial charge < -0.3 is 9.64 Å². The fourth-order valence-electron chi connectivity index (χ4n) is 2.28. The maximum atomic E-state index is 5.55. The van der Waals surface area contributed by atoms with Gasteiger partial charge in [0.15, 0.2) is 0 Å². The second kappa shape index (κ2) is 2.92. The van der Waals surface area contributed by atoms with Crippen LogP contribution in [0, 0.1) is 6.92 Å². The Morgan fingerprint density at radius 1 is 1.57 bits per heavy atom. The van der Waals surface area contributed by atoms with E-state index in [1.165, 1.54) is 0 Å². The van der Waals surface area contributed by atoms with E-state index in [1.807, 2.05) is 19.2 Å². The highest BCUT2D eigenvalue weighted by Gasteiger charge is 2.39. The van der Waals surface area contributed by atoms with Crippen LogP contribution >= 0.6 is 0 Å². The summed E-state index contributed by atoms with van der Waals surface area (Å²) in [7, 11) is 0. The van der Waals surface area contributed by atoms with Crippen LogP contribution < -0.4 is 4.90 Å². The minimum absolute atomic E-state index is 0.426. The molecule has 2 aliphatic heterocycles. The second-order valence-corrected chi connectivity index (χ2v) is 3.96. The summed E-state index contributed by atoms with van der Waals surface area (Å²) in [5.41, 5.74) is 0. The largest absolute Gasteiger partial charge is 0.374 e. The lowest BCUT2D eigenvalue weighted by molar-refractivity contribution is 0.0989. The van der Waals surface area contributed by atoms with Gasteiger partial charge in [-0.05, 0) is 19.4 Å². The summed E-state index contributed by atoms with van der Waals surface area (Å²) in [6.07, 6.45) is 3.41. The van der Waals surface area contributed by atoms with Gasteiger partial charge in [0.05, 0.1) is 18.8 Å². The molecule has 1 aromatic heterocycles. The zero-order valence-corrected chi connectivity index (χ0v) is 8.18. The van der Waals surface area contributed by atoms with E-state index in [0.29, 0.717) is 12.1 Å². The van der Waals surface area contributed by atoms with Crippen molar-refractivity contribution in [3.63, 3.8) is 0 Å². The molecular formula is C10H13N3O. The van der Waals surface area contributed by atoms with E-state index >= 15 is 0 Å². The van der Waals surface area contributed by atoms with Crippen molar-refractivity contribution in [1.29, 1.82) is 0 Å². The Bertz CT molecular complexity index is 355. The lowest BCUT2D eigenvalue weighted by atomic mass is 10.2. The van der Waals surface area contributed by atoms with E-state index in [-0.39, 0.29) is 0 Å². The number of fused-ring (bicyclic) bond motifs is 2. The summed E-state index contributed by atoms with van der Waals surface area (Å²) in [6.45, 7) is 3.77. The number of aromatic nitrogens is 2. The van der Waals surface area contributed by atoms with Crippen molar-refractivity contribution in [2.45, 2.75) is 25.5 Å². The summed E-state index contributed by atoms with van der Waals surface area (Å²) in [6, 6.07) is 2.52. The molecule has 0 aliphatic carbocycles. The lowest BCUT2D eigenvalue weighted by Gasteiger charge is -2.27. The molecule has 0 spiro atoms. The quantitative estimate of drug-likeness (QED) is 0.657. The maximum Gasteiger partial charge on any atom is 0.132 e. The van der Waals surface area contributed by atoms with Gasteiger partial charge >= 0.3 is 0 Å². The number of morpholine rings is 1. The lowest BCUT2D eigenvalue weighted by Crippen LogP contribution is -2.37. The molecule has 4 heteroatoms. The predicted octanol–water partition coefficient (Wildman–Crippen LogP) is 0.763. The zero-order valence-electron chi connectivity index (χ0n) is 8.18. The Labute approximate surface area is 82.9 Å². The summed E-state index contributed by atoms with van der Waals surface area (Å²) >= 11 is 0. The maximum absolute atomic E-state index is 5.55. The molecule has 3 heterocycles. The third kappa shape index (κ3) is 1.18. The zero-order chi connectivity index (χ0) is 9.54. The molecule has 0 N–H and O–H groups in total. The molecular weight excluding hydrogens is 178 g/mol. The van der Waals surface area contributed by atoms with Crippen molar-refractivity contribution < 1.29 is 4.74 Å². The summed E-state index contributed by atoms with van der Waals surface area (Å²) in [5.74, 6) is 1.89. The van der Waals surface area contributed by atoms with Gasteiger partial charge in [-0.25, -0.2) is 9.97 Å². The van der Waals surface area contributed by atoms with Gasteiger partial charge in [0.2, 0.25) is 0 Å². The molecule has 4 nitrogen and oxygen atoms in total. The fraction of sp³-hybridized carbons (Fsp3) is 0.600. The van der Waals surface area contributed by atoms with Gasteiger partial charge in [-0.15, -0.1) is 0 Å². The number of anilines is 1. The molecule has 74 valence electrons. The van der Waals surface area contributed by atoms with Crippen LogP contribution in [-0.2, 0) is 4.74 Å². The molecule has 14 heavy (non-hydrogen) atoms. The van der Waals surface area contributed by atoms with Gasteiger partial charge in [-0.3, -0.25) is 0 Å². The predicted molar refractivity (Wildman–Crippen MR) is 52.3 cm³/mol. The number of rotatable bonds is 1. The Kier molecular flexibility index (Phi) is 1.70. The highest BCUT2D eigenvalue weighted by Crippen LogP contribution is 2.30. The highest BCUT2D eigenvalue weighted by molar-refractivity contribution is 5.41. The van der Waals surface area contributed by atoms with Gasteiger partial charge in [0, 0.05) is 12.7 Å². The fourth-order valence-corrected chi connectivity index (χ4v) is 2.28. The van der Waals surface area contributed by atoms with Crippen LogP contribution in [0.4, 0.5) is 5.82 Å². The summed E-state index contributed by atoms with van der Waals surface area (Å²) in [4.78, 5) is 10.9. The first-order valence-corrected chi connectivity index (χ1v) is 5.01. The molecule has 2 aliphatic rings. The van der Waals surface area contributed by atoms with Crippen molar-refractivity contribution in [2.75, 3.05) is 18.1 Å². The number of hydrogen-bond donors (Lipinski definition) is 0. The second-order valence-electron chi connectivity index (χ2n) is 3.96. The molecule has 2 atom stereocenters. The third-order valence-electron chi connectivity index (χ3n) is 2.96. The normalized spacial score (nSPS) is 29.9. The molecule has 2 fully saturated rings. The molecule has 2 saturated heterocycles. The van der Waals surface area contributed by atoms with Crippen LogP contribution in [0.2, 0.25) is 0 Å². The van der Waals surface area contributed by atoms with Gasteiger partial charge in [0.1, 0.15) is 11.6 Å². The molecule has 0 aromatic carbocycles. The molecule has 2 unspecified atom stereocenters. The number of aryl methyl sites for hydroxylation is 1. The van der Waals surface area contributed by atoms with E-state index in [9.17, 15) is 0 Å². The highest BCUT2D eigenvalue weighted by atomic mass is 16.5. The molecule has 3 rings (SSSR count). The number of hydrogen-bond acceptors (Lipinski definition) is 4. The van der Waals surface area contributed by atoms with Gasteiger partial charge in [-0.1, -0.05) is 0 Å². The Hall–Kier alpha value is -1.16. The standard InChI is InChI=1S/C10H13N3O/c1-7-11-3-2-10(12-7)13-5-9-4-8(13)6-14-9/h2-3,8-9H,4-6H2,1H3. The number of nitrogens with zero attached hydrogens (tertiary/aromatic N) is 3. The monoisotopic (exact) mass is 191 g/mol. The van der Waals surface area contributed by atoms with Crippen LogP contribution in [0.5, 0.6) is 0 Å². The van der Waals surface area contributed by atoms with Crippen LogP contribution in [-0.4, -0.2) is 35.3 Å². The van der Waals surface area contributed by atoms with Crippen molar-refractivity contribution in [3.05, 3.63) is 18.1 Å². The molecule has 0 amide bonds. The minimum Gasteiger partial charge on any atom is -0.374 e.